The highest BCUT2D eigenvalue weighted by molar-refractivity contribution is 9.09. The van der Waals surface area contributed by atoms with Crippen LogP contribution in [0.3, 0.4) is 0 Å². The first-order chi connectivity index (χ1) is 5.70. The van der Waals surface area contributed by atoms with Crippen molar-refractivity contribution in [1.29, 1.82) is 0 Å². The molecule has 0 fully saturated rings. The molecule has 1 aromatic rings. The molecule has 0 saturated carbocycles. The highest BCUT2D eigenvalue weighted by Crippen LogP contribution is 2.36. The Morgan fingerprint density at radius 1 is 1.50 bits per heavy atom. The second-order valence-electron chi connectivity index (χ2n) is 2.42. The standard InChI is InChI=1S/C8H4BrFO2/c9-7-6-4(8(11)12-7)2-1-3-5(6)10/h1-3,7H/t7-/m1/s1. The van der Waals surface area contributed by atoms with E-state index >= 15 is 0 Å². The molecule has 0 aliphatic carbocycles. The maximum Gasteiger partial charge on any atom is 0.340 e. The zero-order valence-corrected chi connectivity index (χ0v) is 7.47. The van der Waals surface area contributed by atoms with Gasteiger partial charge in [0.1, 0.15) is 5.82 Å². The number of halogens is 2. The molecular formula is C8H4BrFO2. The average Bonchev–Trinajstić information content (AvgIpc) is 2.29. The normalized spacial score (nSPS) is 20.5. The number of benzene rings is 1. The lowest BCUT2D eigenvalue weighted by atomic mass is 10.1. The van der Waals surface area contributed by atoms with Crippen LogP contribution in [0.25, 0.3) is 0 Å². The topological polar surface area (TPSA) is 26.3 Å². The smallest absolute Gasteiger partial charge is 0.340 e. The Labute approximate surface area is 76.5 Å². The molecule has 0 amide bonds. The molecular weight excluding hydrogens is 227 g/mol. The summed E-state index contributed by atoms with van der Waals surface area (Å²) in [6.07, 6.45) is 0. The van der Waals surface area contributed by atoms with E-state index < -0.39 is 16.8 Å². The molecule has 4 heteroatoms. The molecule has 1 heterocycles. The Bertz CT molecular complexity index is 351. The highest BCUT2D eigenvalue weighted by Gasteiger charge is 2.31. The lowest BCUT2D eigenvalue weighted by molar-refractivity contribution is 0.0529. The fraction of sp³-hybridized carbons (Fsp3) is 0.125. The van der Waals surface area contributed by atoms with Crippen LogP contribution in [0, 0.1) is 5.82 Å². The van der Waals surface area contributed by atoms with Crippen LogP contribution in [-0.4, -0.2) is 5.97 Å². The Balaban J connectivity index is 2.67. The Kier molecular flexibility index (Phi) is 1.65. The minimum Gasteiger partial charge on any atom is -0.442 e. The number of hydrogen-bond donors (Lipinski definition) is 0. The van der Waals surface area contributed by atoms with Crippen LogP contribution in [0.5, 0.6) is 0 Å². The van der Waals surface area contributed by atoms with Gasteiger partial charge >= 0.3 is 5.97 Å². The first-order valence-electron chi connectivity index (χ1n) is 3.33. The van der Waals surface area contributed by atoms with E-state index in [0.29, 0.717) is 11.1 Å². The summed E-state index contributed by atoms with van der Waals surface area (Å²) in [7, 11) is 0. The third-order valence-corrected chi connectivity index (χ3v) is 2.36. The van der Waals surface area contributed by atoms with Gasteiger partial charge in [0.25, 0.3) is 0 Å². The quantitative estimate of drug-likeness (QED) is 0.506. The summed E-state index contributed by atoms with van der Waals surface area (Å²) in [5.41, 5.74) is 0.597. The molecule has 0 spiro atoms. The number of rotatable bonds is 0. The van der Waals surface area contributed by atoms with E-state index in [1.165, 1.54) is 12.1 Å². The zero-order valence-electron chi connectivity index (χ0n) is 5.88. The highest BCUT2D eigenvalue weighted by atomic mass is 79.9. The van der Waals surface area contributed by atoms with Crippen molar-refractivity contribution >= 4 is 21.9 Å². The van der Waals surface area contributed by atoms with E-state index in [9.17, 15) is 9.18 Å². The Morgan fingerprint density at radius 2 is 2.25 bits per heavy atom. The van der Waals surface area contributed by atoms with Gasteiger partial charge < -0.3 is 4.74 Å². The van der Waals surface area contributed by atoms with Crippen LogP contribution in [-0.2, 0) is 4.74 Å². The monoisotopic (exact) mass is 230 g/mol. The lowest BCUT2D eigenvalue weighted by Crippen LogP contribution is -1.93. The number of hydrogen-bond acceptors (Lipinski definition) is 2. The predicted molar refractivity (Wildman–Crippen MR) is 43.5 cm³/mol. The molecule has 0 unspecified atom stereocenters. The summed E-state index contributed by atoms with van der Waals surface area (Å²) < 4.78 is 17.8. The summed E-state index contributed by atoms with van der Waals surface area (Å²) in [6, 6.07) is 4.33. The van der Waals surface area contributed by atoms with E-state index in [1.54, 1.807) is 6.07 Å². The van der Waals surface area contributed by atoms with Crippen LogP contribution < -0.4 is 0 Å². The van der Waals surface area contributed by atoms with Crippen molar-refractivity contribution < 1.29 is 13.9 Å². The molecule has 0 saturated heterocycles. The second-order valence-corrected chi connectivity index (χ2v) is 3.25. The van der Waals surface area contributed by atoms with Gasteiger partial charge in [0, 0.05) is 0 Å². The van der Waals surface area contributed by atoms with Crippen molar-refractivity contribution in [2.45, 2.75) is 5.01 Å². The van der Waals surface area contributed by atoms with Gasteiger partial charge in [-0.2, -0.15) is 0 Å². The van der Waals surface area contributed by atoms with Gasteiger partial charge in [-0.25, -0.2) is 9.18 Å². The minimum atomic E-state index is -0.638. The van der Waals surface area contributed by atoms with Crippen molar-refractivity contribution in [3.05, 3.63) is 35.1 Å². The number of fused-ring (bicyclic) bond motifs is 1. The number of ether oxygens (including phenoxy) is 1. The lowest BCUT2D eigenvalue weighted by Gasteiger charge is -2.00. The molecule has 0 aromatic heterocycles. The molecule has 62 valence electrons. The first kappa shape index (κ1) is 7.73. The second kappa shape index (κ2) is 2.55. The van der Waals surface area contributed by atoms with Crippen molar-refractivity contribution in [1.82, 2.24) is 0 Å². The summed E-state index contributed by atoms with van der Waals surface area (Å²) in [6.45, 7) is 0. The maximum atomic E-state index is 13.1. The van der Waals surface area contributed by atoms with Crippen LogP contribution >= 0.6 is 15.9 Å². The summed E-state index contributed by atoms with van der Waals surface area (Å²) >= 11 is 3.05. The van der Waals surface area contributed by atoms with Gasteiger partial charge in [-0.3, -0.25) is 0 Å². The molecule has 0 N–H and O–H groups in total. The molecule has 0 radical (unpaired) electrons. The molecule has 1 aromatic carbocycles. The number of carbonyl (C=O) groups is 1. The molecule has 1 aliphatic heterocycles. The van der Waals surface area contributed by atoms with Crippen molar-refractivity contribution in [3.8, 4) is 0 Å². The largest absolute Gasteiger partial charge is 0.442 e. The van der Waals surface area contributed by atoms with Crippen LogP contribution in [0.2, 0.25) is 0 Å². The molecule has 2 nitrogen and oxygen atoms in total. The van der Waals surface area contributed by atoms with E-state index in [2.05, 4.69) is 15.9 Å². The van der Waals surface area contributed by atoms with E-state index in [1.807, 2.05) is 0 Å². The van der Waals surface area contributed by atoms with Gasteiger partial charge in [-0.1, -0.05) is 6.07 Å². The third kappa shape index (κ3) is 0.948. The van der Waals surface area contributed by atoms with Gasteiger partial charge in [0.2, 0.25) is 0 Å². The molecule has 12 heavy (non-hydrogen) atoms. The van der Waals surface area contributed by atoms with E-state index in [0.717, 1.165) is 0 Å². The van der Waals surface area contributed by atoms with Gasteiger partial charge in [0.15, 0.2) is 5.01 Å². The number of carbonyl (C=O) groups excluding carboxylic acids is 1. The minimum absolute atomic E-state index is 0.294. The van der Waals surface area contributed by atoms with Gasteiger partial charge in [0.05, 0.1) is 11.1 Å². The van der Waals surface area contributed by atoms with Gasteiger partial charge in [-0.15, -0.1) is 0 Å². The fourth-order valence-electron chi connectivity index (χ4n) is 1.16. The summed E-state index contributed by atoms with van der Waals surface area (Å²) in [5, 5.41) is -0.638. The molecule has 0 bridgehead atoms. The van der Waals surface area contributed by atoms with Crippen molar-refractivity contribution in [3.63, 3.8) is 0 Å². The van der Waals surface area contributed by atoms with Crippen LogP contribution in [0.15, 0.2) is 18.2 Å². The van der Waals surface area contributed by atoms with Crippen molar-refractivity contribution in [2.24, 2.45) is 0 Å². The van der Waals surface area contributed by atoms with E-state index in [-0.39, 0.29) is 0 Å². The maximum absolute atomic E-state index is 13.1. The number of cyclic esters (lactones) is 1. The Morgan fingerprint density at radius 3 is 2.92 bits per heavy atom. The first-order valence-corrected chi connectivity index (χ1v) is 4.25. The molecule has 2 rings (SSSR count). The SMILES string of the molecule is O=C1O[C@@H](Br)c2c(F)cccc21. The van der Waals surface area contributed by atoms with Crippen LogP contribution in [0.1, 0.15) is 20.9 Å². The van der Waals surface area contributed by atoms with Crippen LogP contribution in [0.4, 0.5) is 4.39 Å². The molecule has 1 aliphatic rings. The zero-order chi connectivity index (χ0) is 8.72. The number of alkyl halides is 1. The average molecular weight is 231 g/mol. The molecule has 1 atom stereocenters. The third-order valence-electron chi connectivity index (χ3n) is 1.71. The van der Waals surface area contributed by atoms with Gasteiger partial charge in [-0.05, 0) is 28.1 Å². The number of esters is 1. The Hall–Kier alpha value is -0.900. The summed E-state index contributed by atoms with van der Waals surface area (Å²) in [5.74, 6) is -0.897. The fourth-order valence-corrected chi connectivity index (χ4v) is 1.80. The predicted octanol–water partition coefficient (Wildman–Crippen LogP) is 2.39. The summed E-state index contributed by atoms with van der Waals surface area (Å²) in [4.78, 5) is 11.0. The van der Waals surface area contributed by atoms with Crippen molar-refractivity contribution in [2.75, 3.05) is 0 Å². The van der Waals surface area contributed by atoms with E-state index in [4.69, 9.17) is 4.74 Å².